The molecule has 0 spiro atoms. The summed E-state index contributed by atoms with van der Waals surface area (Å²) in [6.45, 7) is 14.8. The Morgan fingerprint density at radius 2 is 1.76 bits per heavy atom. The zero-order valence-corrected chi connectivity index (χ0v) is 20.0. The van der Waals surface area contributed by atoms with Gasteiger partial charge in [-0.15, -0.1) is 0 Å². The van der Waals surface area contributed by atoms with Crippen LogP contribution in [-0.4, -0.2) is 11.2 Å². The van der Waals surface area contributed by atoms with Gasteiger partial charge in [-0.25, -0.2) is 0 Å². The summed E-state index contributed by atoms with van der Waals surface area (Å²) in [6, 6.07) is 0. The molecule has 0 radical (unpaired) electrons. The van der Waals surface area contributed by atoms with E-state index < -0.39 is 0 Å². The van der Waals surface area contributed by atoms with Gasteiger partial charge in [0, 0.05) is 0 Å². The Hall–Kier alpha value is -0.560. The topological polar surface area (TPSA) is 20.2 Å². The van der Waals surface area contributed by atoms with Crippen LogP contribution in [-0.2, 0) is 0 Å². The van der Waals surface area contributed by atoms with Gasteiger partial charge in [0.1, 0.15) is 0 Å². The monoisotopic (exact) mass is 398 g/mol. The van der Waals surface area contributed by atoms with Crippen molar-refractivity contribution in [1.29, 1.82) is 0 Å². The van der Waals surface area contributed by atoms with Crippen molar-refractivity contribution in [3.8, 4) is 0 Å². The average molecular weight is 399 g/mol. The number of rotatable bonds is 4. The largest absolute Gasteiger partial charge is 0.393 e. The maximum absolute atomic E-state index is 10.2. The van der Waals surface area contributed by atoms with Crippen LogP contribution in [0.25, 0.3) is 0 Å². The van der Waals surface area contributed by atoms with Gasteiger partial charge in [-0.1, -0.05) is 57.9 Å². The lowest BCUT2D eigenvalue weighted by Crippen LogP contribution is -2.49. The maximum atomic E-state index is 10.2. The molecule has 1 unspecified atom stereocenters. The van der Waals surface area contributed by atoms with Gasteiger partial charge in [-0.3, -0.25) is 0 Å². The van der Waals surface area contributed by atoms with Crippen LogP contribution < -0.4 is 0 Å². The molecule has 0 heterocycles. The number of fused-ring (bicyclic) bond motifs is 5. The van der Waals surface area contributed by atoms with Crippen molar-refractivity contribution in [2.75, 3.05) is 0 Å². The molecule has 0 aromatic rings. The lowest BCUT2D eigenvalue weighted by atomic mass is 9.47. The summed E-state index contributed by atoms with van der Waals surface area (Å²) in [6.07, 6.45) is 16.6. The van der Waals surface area contributed by atoms with E-state index in [0.717, 1.165) is 36.5 Å². The van der Waals surface area contributed by atoms with E-state index in [-0.39, 0.29) is 6.10 Å². The zero-order valence-electron chi connectivity index (χ0n) is 20.0. The smallest absolute Gasteiger partial charge is 0.0543 e. The second kappa shape index (κ2) is 7.85. The summed E-state index contributed by atoms with van der Waals surface area (Å²) in [5, 5.41) is 10.2. The van der Waals surface area contributed by atoms with Crippen molar-refractivity contribution in [3.63, 3.8) is 0 Å². The summed E-state index contributed by atoms with van der Waals surface area (Å²) < 4.78 is 0. The van der Waals surface area contributed by atoms with E-state index in [0.29, 0.717) is 22.7 Å². The Balaban J connectivity index is 1.55. The molecule has 4 rings (SSSR count). The highest BCUT2D eigenvalue weighted by molar-refractivity contribution is 5.28. The number of hydrogen-bond donors (Lipinski definition) is 1. The van der Waals surface area contributed by atoms with Crippen molar-refractivity contribution in [1.82, 2.24) is 0 Å². The molecule has 0 aliphatic heterocycles. The van der Waals surface area contributed by atoms with Crippen LogP contribution in [0.15, 0.2) is 23.3 Å². The number of aliphatic hydroxyl groups is 1. The van der Waals surface area contributed by atoms with Crippen molar-refractivity contribution >= 4 is 0 Å². The molecule has 0 aromatic heterocycles. The third kappa shape index (κ3) is 3.68. The van der Waals surface area contributed by atoms with Gasteiger partial charge in [0.05, 0.1) is 6.10 Å². The van der Waals surface area contributed by atoms with E-state index in [1.165, 1.54) is 44.9 Å². The van der Waals surface area contributed by atoms with Crippen molar-refractivity contribution in [2.24, 2.45) is 46.3 Å². The van der Waals surface area contributed by atoms with Gasteiger partial charge in [0.15, 0.2) is 0 Å². The SMILES string of the molecule is C/C(=C\[C@@H](C)[C@H]1CC[C@H]2C3=CCC4C[C@@H](O)CC[C@]4(C)[C@H]3CC[C@]12C)CC(C)C. The Morgan fingerprint density at radius 1 is 1.07 bits per heavy atom. The Labute approximate surface area is 180 Å². The molecular formula is C28H46O. The van der Waals surface area contributed by atoms with Crippen LogP contribution in [0.3, 0.4) is 0 Å². The quantitative estimate of drug-likeness (QED) is 0.484. The fourth-order valence-electron chi connectivity index (χ4n) is 8.67. The Morgan fingerprint density at radius 3 is 2.48 bits per heavy atom. The lowest BCUT2D eigenvalue weighted by molar-refractivity contribution is -0.0414. The normalized spacial score (nSPS) is 46.0. The second-order valence-corrected chi connectivity index (χ2v) is 12.4. The van der Waals surface area contributed by atoms with E-state index in [9.17, 15) is 5.11 Å². The minimum absolute atomic E-state index is 0.0468. The van der Waals surface area contributed by atoms with Gasteiger partial charge in [-0.2, -0.15) is 0 Å². The van der Waals surface area contributed by atoms with Gasteiger partial charge in [0.2, 0.25) is 0 Å². The summed E-state index contributed by atoms with van der Waals surface area (Å²) in [7, 11) is 0. The first-order valence-electron chi connectivity index (χ1n) is 12.7. The number of allylic oxidation sites excluding steroid dienone is 4. The van der Waals surface area contributed by atoms with Crippen LogP contribution in [0.2, 0.25) is 0 Å². The first-order chi connectivity index (χ1) is 13.6. The highest BCUT2D eigenvalue weighted by Crippen LogP contribution is 2.66. The number of aliphatic hydroxyl groups excluding tert-OH is 1. The molecule has 164 valence electrons. The Bertz CT molecular complexity index is 672. The van der Waals surface area contributed by atoms with Crippen LogP contribution in [0.5, 0.6) is 0 Å². The minimum atomic E-state index is -0.0468. The predicted octanol–water partition coefficient (Wildman–Crippen LogP) is 7.55. The Kier molecular flexibility index (Phi) is 5.86. The molecule has 8 atom stereocenters. The lowest BCUT2D eigenvalue weighted by Gasteiger charge is -2.57. The standard InChI is InChI=1S/C28H46O/c1-18(2)15-19(3)16-20(4)24-9-10-25-23-8-7-21-17-22(29)11-13-27(21,5)26(23)12-14-28(24,25)6/h8,16,18,20-22,24-26,29H,7,9-15,17H2,1-6H3/b19-16+/t20-,21?,22+,24-,25+,26+,27+,28-/m1/s1. The fourth-order valence-corrected chi connectivity index (χ4v) is 8.67. The molecule has 1 N–H and O–H groups in total. The molecule has 0 saturated heterocycles. The van der Waals surface area contributed by atoms with Gasteiger partial charge < -0.3 is 5.11 Å². The minimum Gasteiger partial charge on any atom is -0.393 e. The van der Waals surface area contributed by atoms with Crippen LogP contribution >= 0.6 is 0 Å². The molecule has 29 heavy (non-hydrogen) atoms. The molecular weight excluding hydrogens is 352 g/mol. The maximum Gasteiger partial charge on any atom is 0.0543 e. The van der Waals surface area contributed by atoms with Gasteiger partial charge in [-0.05, 0) is 111 Å². The van der Waals surface area contributed by atoms with E-state index >= 15 is 0 Å². The molecule has 1 heteroatoms. The van der Waals surface area contributed by atoms with Crippen molar-refractivity contribution in [3.05, 3.63) is 23.3 Å². The fraction of sp³-hybridized carbons (Fsp3) is 0.857. The molecule has 4 aliphatic carbocycles. The van der Waals surface area contributed by atoms with Crippen LogP contribution in [0.4, 0.5) is 0 Å². The van der Waals surface area contributed by atoms with E-state index in [1.54, 1.807) is 5.57 Å². The third-order valence-electron chi connectivity index (χ3n) is 10.0. The summed E-state index contributed by atoms with van der Waals surface area (Å²) in [5.41, 5.74) is 4.39. The molecule has 0 bridgehead atoms. The molecule has 3 fully saturated rings. The van der Waals surface area contributed by atoms with Gasteiger partial charge in [0.25, 0.3) is 0 Å². The number of hydrogen-bond acceptors (Lipinski definition) is 1. The van der Waals surface area contributed by atoms with Crippen LogP contribution in [0.1, 0.15) is 99.3 Å². The zero-order chi connectivity index (χ0) is 21.0. The summed E-state index contributed by atoms with van der Waals surface area (Å²) in [4.78, 5) is 0. The molecule has 1 nitrogen and oxygen atoms in total. The van der Waals surface area contributed by atoms with E-state index in [2.05, 4.69) is 53.7 Å². The third-order valence-corrected chi connectivity index (χ3v) is 10.0. The summed E-state index contributed by atoms with van der Waals surface area (Å²) in [5.74, 6) is 4.63. The highest BCUT2D eigenvalue weighted by atomic mass is 16.3. The first kappa shape index (κ1) is 21.7. The van der Waals surface area contributed by atoms with Crippen molar-refractivity contribution in [2.45, 2.75) is 105 Å². The van der Waals surface area contributed by atoms with Crippen molar-refractivity contribution < 1.29 is 5.11 Å². The second-order valence-electron chi connectivity index (χ2n) is 12.4. The summed E-state index contributed by atoms with van der Waals surface area (Å²) >= 11 is 0. The predicted molar refractivity (Wildman–Crippen MR) is 124 cm³/mol. The van der Waals surface area contributed by atoms with Gasteiger partial charge >= 0.3 is 0 Å². The molecule has 4 aliphatic rings. The molecule has 0 aromatic carbocycles. The first-order valence-corrected chi connectivity index (χ1v) is 12.7. The van der Waals surface area contributed by atoms with Crippen LogP contribution in [0, 0.1) is 46.3 Å². The molecule has 0 amide bonds. The average Bonchev–Trinajstić information content (AvgIpc) is 2.99. The highest BCUT2D eigenvalue weighted by Gasteiger charge is 2.57. The van der Waals surface area contributed by atoms with E-state index in [1.807, 2.05) is 5.57 Å². The molecule has 3 saturated carbocycles. The van der Waals surface area contributed by atoms with E-state index in [4.69, 9.17) is 0 Å².